The Balaban J connectivity index is 1.82. The van der Waals surface area contributed by atoms with Gasteiger partial charge in [0.25, 0.3) is 0 Å². The Labute approximate surface area is 115 Å². The van der Waals surface area contributed by atoms with E-state index < -0.39 is 11.8 Å². The standard InChI is InChI=1S/C12H13ClN4O2/c13-9-3-2-8(6-15-9)7-17-5-1-4-12(14)10(17)16-11(18)19-12/h2-3,6H,1,4-5,7,14H2. The van der Waals surface area contributed by atoms with E-state index >= 15 is 0 Å². The summed E-state index contributed by atoms with van der Waals surface area (Å²) in [6.45, 7) is 1.37. The second-order valence-corrected chi connectivity index (χ2v) is 5.09. The lowest BCUT2D eigenvalue weighted by atomic mass is 10.0. The largest absolute Gasteiger partial charge is 0.437 e. The van der Waals surface area contributed by atoms with Gasteiger partial charge in [0.15, 0.2) is 5.84 Å². The van der Waals surface area contributed by atoms with Crippen molar-refractivity contribution in [3.63, 3.8) is 0 Å². The van der Waals surface area contributed by atoms with E-state index in [0.29, 0.717) is 24.0 Å². The van der Waals surface area contributed by atoms with E-state index in [9.17, 15) is 4.79 Å². The number of likely N-dealkylation sites (tertiary alicyclic amines) is 1. The number of pyridine rings is 1. The fourth-order valence-corrected chi connectivity index (χ4v) is 2.53. The molecule has 1 aromatic rings. The van der Waals surface area contributed by atoms with Crippen LogP contribution in [0.1, 0.15) is 18.4 Å². The van der Waals surface area contributed by atoms with Gasteiger partial charge in [-0.1, -0.05) is 17.7 Å². The molecule has 0 spiro atoms. The van der Waals surface area contributed by atoms with Crippen LogP contribution >= 0.6 is 11.6 Å². The number of halogens is 1. The summed E-state index contributed by atoms with van der Waals surface area (Å²) < 4.78 is 5.10. The number of amidine groups is 1. The summed E-state index contributed by atoms with van der Waals surface area (Å²) in [6, 6.07) is 3.62. The van der Waals surface area contributed by atoms with Gasteiger partial charge in [-0.2, -0.15) is 4.99 Å². The SMILES string of the molecule is NC12CCCN(Cc3ccc(Cl)nc3)C1=NC(=O)O2. The van der Waals surface area contributed by atoms with Gasteiger partial charge in [-0.15, -0.1) is 0 Å². The van der Waals surface area contributed by atoms with Crippen LogP contribution in [0.25, 0.3) is 0 Å². The average Bonchev–Trinajstić information content (AvgIpc) is 2.67. The van der Waals surface area contributed by atoms with Crippen LogP contribution in [0.3, 0.4) is 0 Å². The molecule has 0 radical (unpaired) electrons. The lowest BCUT2D eigenvalue weighted by Crippen LogP contribution is -2.57. The molecule has 0 aliphatic carbocycles. The van der Waals surface area contributed by atoms with Crippen LogP contribution < -0.4 is 5.73 Å². The second-order valence-electron chi connectivity index (χ2n) is 4.71. The fourth-order valence-electron chi connectivity index (χ4n) is 2.42. The topological polar surface area (TPSA) is 80.8 Å². The van der Waals surface area contributed by atoms with E-state index in [4.69, 9.17) is 22.1 Å². The van der Waals surface area contributed by atoms with Gasteiger partial charge >= 0.3 is 6.09 Å². The van der Waals surface area contributed by atoms with Crippen molar-refractivity contribution in [2.75, 3.05) is 6.54 Å². The first-order chi connectivity index (χ1) is 9.07. The molecular formula is C12H13ClN4O2. The van der Waals surface area contributed by atoms with Gasteiger partial charge < -0.3 is 9.64 Å². The van der Waals surface area contributed by atoms with E-state index in [0.717, 1.165) is 18.5 Å². The zero-order chi connectivity index (χ0) is 13.5. The smallest absolute Gasteiger partial charge is 0.419 e. The number of rotatable bonds is 2. The van der Waals surface area contributed by atoms with Crippen LogP contribution in [0, 0.1) is 0 Å². The monoisotopic (exact) mass is 280 g/mol. The first kappa shape index (κ1) is 12.4. The lowest BCUT2D eigenvalue weighted by Gasteiger charge is -2.37. The first-order valence-corrected chi connectivity index (χ1v) is 6.41. The molecule has 3 heterocycles. The Kier molecular flexibility index (Phi) is 2.91. The van der Waals surface area contributed by atoms with E-state index in [2.05, 4.69) is 9.98 Å². The zero-order valence-corrected chi connectivity index (χ0v) is 10.9. The number of ether oxygens (including phenoxy) is 1. The number of piperidine rings is 1. The summed E-state index contributed by atoms with van der Waals surface area (Å²) in [5.74, 6) is 0.513. The molecule has 1 saturated heterocycles. The van der Waals surface area contributed by atoms with Crippen LogP contribution in [0.4, 0.5) is 4.79 Å². The Bertz CT molecular complexity index is 545. The summed E-state index contributed by atoms with van der Waals surface area (Å²) in [7, 11) is 0. The third-order valence-electron chi connectivity index (χ3n) is 3.28. The molecule has 1 unspecified atom stereocenters. The summed E-state index contributed by atoms with van der Waals surface area (Å²) in [5.41, 5.74) is 5.99. The maximum absolute atomic E-state index is 11.3. The minimum atomic E-state index is -1.06. The molecule has 100 valence electrons. The Morgan fingerprint density at radius 1 is 1.53 bits per heavy atom. The molecule has 2 aliphatic rings. The van der Waals surface area contributed by atoms with Gasteiger partial charge in [-0.3, -0.25) is 5.73 Å². The molecule has 2 N–H and O–H groups in total. The van der Waals surface area contributed by atoms with E-state index in [-0.39, 0.29) is 0 Å². The molecule has 0 saturated carbocycles. The summed E-state index contributed by atoms with van der Waals surface area (Å²) >= 11 is 5.75. The maximum atomic E-state index is 11.3. The number of aromatic nitrogens is 1. The molecule has 19 heavy (non-hydrogen) atoms. The van der Waals surface area contributed by atoms with Crippen LogP contribution in [-0.2, 0) is 11.3 Å². The Hall–Kier alpha value is -1.66. The summed E-state index contributed by atoms with van der Waals surface area (Å²) in [6.07, 6.45) is 2.54. The van der Waals surface area contributed by atoms with Crippen molar-refractivity contribution in [2.45, 2.75) is 25.1 Å². The number of carbonyl (C=O) groups excluding carboxylic acids is 1. The number of nitrogens with two attached hydrogens (primary N) is 1. The van der Waals surface area contributed by atoms with E-state index in [1.54, 1.807) is 12.3 Å². The minimum absolute atomic E-state index is 0.451. The molecule has 3 rings (SSSR count). The zero-order valence-electron chi connectivity index (χ0n) is 10.2. The van der Waals surface area contributed by atoms with E-state index in [1.165, 1.54) is 0 Å². The highest BCUT2D eigenvalue weighted by Gasteiger charge is 2.46. The van der Waals surface area contributed by atoms with Crippen LogP contribution in [-0.4, -0.2) is 34.1 Å². The van der Waals surface area contributed by atoms with Crippen molar-refractivity contribution in [3.8, 4) is 0 Å². The normalized spacial score (nSPS) is 25.9. The van der Waals surface area contributed by atoms with Gasteiger partial charge in [0.1, 0.15) is 5.15 Å². The van der Waals surface area contributed by atoms with Crippen molar-refractivity contribution < 1.29 is 9.53 Å². The average molecular weight is 281 g/mol. The third-order valence-corrected chi connectivity index (χ3v) is 3.51. The highest BCUT2D eigenvalue weighted by atomic mass is 35.5. The summed E-state index contributed by atoms with van der Waals surface area (Å²) in [4.78, 5) is 21.2. The number of hydrogen-bond acceptors (Lipinski definition) is 5. The van der Waals surface area contributed by atoms with Gasteiger partial charge in [0.05, 0.1) is 0 Å². The molecular weight excluding hydrogens is 268 g/mol. The van der Waals surface area contributed by atoms with Gasteiger partial charge in [-0.05, 0) is 18.1 Å². The van der Waals surface area contributed by atoms with Crippen LogP contribution in [0.2, 0.25) is 5.15 Å². The molecule has 1 atom stereocenters. The van der Waals surface area contributed by atoms with Crippen molar-refractivity contribution >= 4 is 23.5 Å². The number of nitrogens with zero attached hydrogens (tertiary/aromatic N) is 3. The maximum Gasteiger partial charge on any atom is 0.437 e. The Morgan fingerprint density at radius 3 is 3.11 bits per heavy atom. The number of hydrogen-bond donors (Lipinski definition) is 1. The molecule has 0 bridgehead atoms. The third kappa shape index (κ3) is 2.29. The van der Waals surface area contributed by atoms with E-state index in [1.807, 2.05) is 11.0 Å². The van der Waals surface area contributed by atoms with Crippen molar-refractivity contribution in [3.05, 3.63) is 29.0 Å². The van der Waals surface area contributed by atoms with Crippen molar-refractivity contribution in [1.29, 1.82) is 0 Å². The molecule has 1 fully saturated rings. The van der Waals surface area contributed by atoms with Crippen LogP contribution in [0.15, 0.2) is 23.3 Å². The van der Waals surface area contributed by atoms with Gasteiger partial charge in [0, 0.05) is 25.7 Å². The van der Waals surface area contributed by atoms with Gasteiger partial charge in [-0.25, -0.2) is 9.78 Å². The fraction of sp³-hybridized carbons (Fsp3) is 0.417. The highest BCUT2D eigenvalue weighted by molar-refractivity contribution is 6.29. The van der Waals surface area contributed by atoms with Crippen molar-refractivity contribution in [1.82, 2.24) is 9.88 Å². The number of fused-ring (bicyclic) bond motifs is 1. The highest BCUT2D eigenvalue weighted by Crippen LogP contribution is 2.29. The summed E-state index contributed by atoms with van der Waals surface area (Å²) in [5, 5.41) is 0.451. The second kappa shape index (κ2) is 4.47. The molecule has 6 nitrogen and oxygen atoms in total. The predicted octanol–water partition coefficient (Wildman–Crippen LogP) is 1.53. The number of carbonyl (C=O) groups is 1. The number of amides is 1. The van der Waals surface area contributed by atoms with Gasteiger partial charge in [0.2, 0.25) is 5.72 Å². The van der Waals surface area contributed by atoms with Crippen LogP contribution in [0.5, 0.6) is 0 Å². The number of aliphatic imine (C=N–C) groups is 1. The van der Waals surface area contributed by atoms with Crippen molar-refractivity contribution in [2.24, 2.45) is 10.7 Å². The molecule has 0 aromatic carbocycles. The predicted molar refractivity (Wildman–Crippen MR) is 69.7 cm³/mol. The molecule has 7 heteroatoms. The Morgan fingerprint density at radius 2 is 2.37 bits per heavy atom. The first-order valence-electron chi connectivity index (χ1n) is 6.03. The molecule has 1 amide bonds. The molecule has 2 aliphatic heterocycles. The minimum Gasteiger partial charge on any atom is -0.419 e. The quantitative estimate of drug-likeness (QED) is 0.831. The lowest BCUT2D eigenvalue weighted by molar-refractivity contribution is 0.0590. The molecule has 1 aromatic heterocycles.